The molecule has 5 aromatic rings. The number of imidazole rings is 1. The number of fused-ring (bicyclic) bond motifs is 1. The molecule has 0 bridgehead atoms. The lowest BCUT2D eigenvalue weighted by molar-refractivity contribution is 0.570. The first-order valence-corrected chi connectivity index (χ1v) is 9.85. The standard InChI is InChI=1S/C22H14ClF3N6/c1-12-10-31(11-27-12)20-18(25)8-14(9-19(20)26)28-22-29-21-16(3-2-6-32(21)30-22)15-5-4-13(24)7-17(15)23/h2-11H,1H3,(H,28,30). The van der Waals surface area contributed by atoms with Gasteiger partial charge in [0.2, 0.25) is 5.95 Å². The largest absolute Gasteiger partial charge is 0.323 e. The second-order valence-corrected chi connectivity index (χ2v) is 7.49. The second-order valence-electron chi connectivity index (χ2n) is 7.09. The van der Waals surface area contributed by atoms with E-state index in [1.807, 2.05) is 0 Å². The van der Waals surface area contributed by atoms with Crippen molar-refractivity contribution < 1.29 is 13.2 Å². The predicted molar refractivity (Wildman–Crippen MR) is 115 cm³/mol. The topological polar surface area (TPSA) is 60.0 Å². The minimum absolute atomic E-state index is 0.126. The van der Waals surface area contributed by atoms with Crippen molar-refractivity contribution in [3.63, 3.8) is 0 Å². The van der Waals surface area contributed by atoms with E-state index in [1.54, 1.807) is 31.3 Å². The van der Waals surface area contributed by atoms with Crippen molar-refractivity contribution in [1.29, 1.82) is 0 Å². The Hall–Kier alpha value is -3.85. The molecule has 3 heterocycles. The van der Waals surface area contributed by atoms with E-state index < -0.39 is 17.5 Å². The van der Waals surface area contributed by atoms with E-state index in [9.17, 15) is 13.2 Å². The van der Waals surface area contributed by atoms with Crippen LogP contribution in [0.4, 0.5) is 24.8 Å². The van der Waals surface area contributed by atoms with Gasteiger partial charge in [-0.2, -0.15) is 4.98 Å². The van der Waals surface area contributed by atoms with E-state index in [0.29, 0.717) is 22.5 Å². The van der Waals surface area contributed by atoms with Gasteiger partial charge in [-0.15, -0.1) is 5.10 Å². The Morgan fingerprint density at radius 3 is 2.47 bits per heavy atom. The molecule has 10 heteroatoms. The fraction of sp³-hybridized carbons (Fsp3) is 0.0455. The van der Waals surface area contributed by atoms with Crippen LogP contribution in [0.1, 0.15) is 5.69 Å². The molecule has 0 aliphatic heterocycles. The van der Waals surface area contributed by atoms with Crippen molar-refractivity contribution in [3.05, 3.63) is 89.4 Å². The van der Waals surface area contributed by atoms with E-state index in [0.717, 1.165) is 12.1 Å². The average Bonchev–Trinajstić information content (AvgIpc) is 3.33. The number of aromatic nitrogens is 5. The lowest BCUT2D eigenvalue weighted by Crippen LogP contribution is -2.02. The summed E-state index contributed by atoms with van der Waals surface area (Å²) in [5.41, 5.74) is 2.19. The minimum Gasteiger partial charge on any atom is -0.323 e. The number of pyridine rings is 1. The van der Waals surface area contributed by atoms with Crippen LogP contribution < -0.4 is 5.32 Å². The molecule has 0 amide bonds. The molecule has 3 aromatic heterocycles. The fourth-order valence-electron chi connectivity index (χ4n) is 3.43. The quantitative estimate of drug-likeness (QED) is 0.378. The number of anilines is 2. The van der Waals surface area contributed by atoms with Crippen LogP contribution in [0.2, 0.25) is 5.02 Å². The lowest BCUT2D eigenvalue weighted by Gasteiger charge is -2.09. The highest BCUT2D eigenvalue weighted by molar-refractivity contribution is 6.33. The van der Waals surface area contributed by atoms with Crippen molar-refractivity contribution in [3.8, 4) is 16.8 Å². The summed E-state index contributed by atoms with van der Waals surface area (Å²) in [6.45, 7) is 1.73. The van der Waals surface area contributed by atoms with Gasteiger partial charge in [-0.1, -0.05) is 11.6 Å². The molecule has 0 spiro atoms. The summed E-state index contributed by atoms with van der Waals surface area (Å²) in [5, 5.41) is 7.35. The number of hydrogen-bond donors (Lipinski definition) is 1. The van der Waals surface area contributed by atoms with Crippen LogP contribution in [0, 0.1) is 24.4 Å². The van der Waals surface area contributed by atoms with Crippen molar-refractivity contribution >= 4 is 28.9 Å². The van der Waals surface area contributed by atoms with Crippen molar-refractivity contribution in [2.75, 3.05) is 5.32 Å². The molecule has 6 nitrogen and oxygen atoms in total. The van der Waals surface area contributed by atoms with Gasteiger partial charge < -0.3 is 9.88 Å². The molecule has 0 radical (unpaired) electrons. The molecular formula is C22H14ClF3N6. The average molecular weight is 455 g/mol. The third-order valence-corrected chi connectivity index (χ3v) is 5.14. The first-order valence-electron chi connectivity index (χ1n) is 9.47. The summed E-state index contributed by atoms with van der Waals surface area (Å²) in [7, 11) is 0. The number of rotatable bonds is 4. The Morgan fingerprint density at radius 2 is 1.78 bits per heavy atom. The SMILES string of the molecule is Cc1cn(-c2c(F)cc(Nc3nc4c(-c5ccc(F)cc5Cl)cccn4n3)cc2F)cn1. The zero-order chi connectivity index (χ0) is 22.4. The van der Waals surface area contributed by atoms with Crippen molar-refractivity contribution in [2.45, 2.75) is 6.92 Å². The maximum Gasteiger partial charge on any atom is 0.247 e. The molecule has 2 aromatic carbocycles. The van der Waals surface area contributed by atoms with Crippen LogP contribution >= 0.6 is 11.6 Å². The summed E-state index contributed by atoms with van der Waals surface area (Å²) in [4.78, 5) is 8.41. The van der Waals surface area contributed by atoms with Crippen molar-refractivity contribution in [2.24, 2.45) is 0 Å². The summed E-state index contributed by atoms with van der Waals surface area (Å²) in [6.07, 6.45) is 4.54. The van der Waals surface area contributed by atoms with E-state index in [2.05, 4.69) is 20.4 Å². The summed E-state index contributed by atoms with van der Waals surface area (Å²) < 4.78 is 45.5. The Kier molecular flexibility index (Phi) is 4.82. The zero-order valence-electron chi connectivity index (χ0n) is 16.5. The van der Waals surface area contributed by atoms with Gasteiger partial charge in [0.15, 0.2) is 17.3 Å². The van der Waals surface area contributed by atoms with Crippen LogP contribution in [0.5, 0.6) is 0 Å². The number of hydrogen-bond acceptors (Lipinski definition) is 4. The number of nitrogens with one attached hydrogen (secondary N) is 1. The molecule has 0 aliphatic carbocycles. The molecule has 160 valence electrons. The van der Waals surface area contributed by atoms with Crippen LogP contribution in [0.25, 0.3) is 22.5 Å². The van der Waals surface area contributed by atoms with Crippen LogP contribution in [0.3, 0.4) is 0 Å². The highest BCUT2D eigenvalue weighted by atomic mass is 35.5. The first-order chi connectivity index (χ1) is 15.4. The third kappa shape index (κ3) is 3.56. The molecule has 0 saturated carbocycles. The van der Waals surface area contributed by atoms with Crippen LogP contribution in [-0.4, -0.2) is 24.1 Å². The summed E-state index contributed by atoms with van der Waals surface area (Å²) in [5.74, 6) is -1.87. The van der Waals surface area contributed by atoms with Gasteiger partial charge in [-0.25, -0.2) is 22.7 Å². The summed E-state index contributed by atoms with van der Waals surface area (Å²) in [6, 6.07) is 9.88. The van der Waals surface area contributed by atoms with Gasteiger partial charge in [-0.05, 0) is 49.4 Å². The minimum atomic E-state index is -0.771. The van der Waals surface area contributed by atoms with E-state index >= 15 is 0 Å². The summed E-state index contributed by atoms with van der Waals surface area (Å²) >= 11 is 6.20. The first kappa shape index (κ1) is 20.1. The smallest absolute Gasteiger partial charge is 0.247 e. The molecule has 5 rings (SSSR count). The van der Waals surface area contributed by atoms with Gasteiger partial charge in [0, 0.05) is 29.2 Å². The van der Waals surface area contributed by atoms with Crippen molar-refractivity contribution in [1.82, 2.24) is 24.1 Å². The van der Waals surface area contributed by atoms with Gasteiger partial charge in [0.1, 0.15) is 11.5 Å². The third-order valence-electron chi connectivity index (χ3n) is 4.83. The number of halogens is 4. The number of nitrogens with zero attached hydrogens (tertiary/aromatic N) is 5. The Morgan fingerprint density at radius 1 is 1.00 bits per heavy atom. The zero-order valence-corrected chi connectivity index (χ0v) is 17.3. The predicted octanol–water partition coefficient (Wildman–Crippen LogP) is 5.70. The highest BCUT2D eigenvalue weighted by Gasteiger charge is 2.16. The normalized spacial score (nSPS) is 11.3. The molecular weight excluding hydrogens is 441 g/mol. The maximum absolute atomic E-state index is 14.7. The lowest BCUT2D eigenvalue weighted by atomic mass is 10.1. The molecule has 0 atom stereocenters. The van der Waals surface area contributed by atoms with E-state index in [1.165, 1.54) is 33.7 Å². The van der Waals surface area contributed by atoms with E-state index in [-0.39, 0.29) is 22.3 Å². The van der Waals surface area contributed by atoms with Gasteiger partial charge in [-0.3, -0.25) is 0 Å². The Balaban J connectivity index is 1.51. The Labute approximate surface area is 184 Å². The molecule has 0 unspecified atom stereocenters. The van der Waals surface area contributed by atoms with E-state index in [4.69, 9.17) is 11.6 Å². The van der Waals surface area contributed by atoms with Gasteiger partial charge >= 0.3 is 0 Å². The molecule has 0 fully saturated rings. The van der Waals surface area contributed by atoms with Gasteiger partial charge in [0.05, 0.1) is 17.0 Å². The number of aryl methyl sites for hydroxylation is 1. The monoisotopic (exact) mass is 454 g/mol. The molecule has 1 N–H and O–H groups in total. The molecule has 32 heavy (non-hydrogen) atoms. The fourth-order valence-corrected chi connectivity index (χ4v) is 3.70. The highest BCUT2D eigenvalue weighted by Crippen LogP contribution is 2.32. The van der Waals surface area contributed by atoms with Gasteiger partial charge in [0.25, 0.3) is 0 Å². The number of benzene rings is 2. The van der Waals surface area contributed by atoms with Crippen LogP contribution in [0.15, 0.2) is 61.2 Å². The molecule has 0 aliphatic rings. The molecule has 0 saturated heterocycles. The van der Waals surface area contributed by atoms with Crippen LogP contribution in [-0.2, 0) is 0 Å². The second kappa shape index (κ2) is 7.69. The Bertz CT molecular complexity index is 1450. The maximum atomic E-state index is 14.7.